The summed E-state index contributed by atoms with van der Waals surface area (Å²) in [4.78, 5) is 48.5. The first kappa shape index (κ1) is 36.5. The third-order valence-corrected chi connectivity index (χ3v) is 7.80. The van der Waals surface area contributed by atoms with Gasteiger partial charge in [0, 0.05) is 12.1 Å². The standard InChI is InChI=1S/C35H48N4O9/c1-32(2,3)46-29(40)34(7,48-39-31(42)47-33(4,5)6)27-16-14-24-21-25(13-15-26(24)45-27)28(38-43)37-35(17-18-35)19-20-36-30(41)44-22-23-11-9-8-10-12-23/h8-13,15,21,27,43H,14,16-20,22H2,1-7H3,(H,36,41)(H,37,38)(H,39,42)/t27-,34+/m1/s1. The number of amides is 2. The van der Waals surface area contributed by atoms with Gasteiger partial charge in [-0.1, -0.05) is 30.3 Å². The number of carbonyl (C=O) groups is 3. The molecular formula is C35H48N4O9. The molecule has 4 N–H and O–H groups in total. The van der Waals surface area contributed by atoms with Crippen molar-refractivity contribution < 1.29 is 43.4 Å². The lowest BCUT2D eigenvalue weighted by Gasteiger charge is -2.39. The van der Waals surface area contributed by atoms with Crippen molar-refractivity contribution in [3.63, 3.8) is 0 Å². The van der Waals surface area contributed by atoms with E-state index in [1.54, 1.807) is 53.7 Å². The van der Waals surface area contributed by atoms with Crippen LogP contribution in [-0.4, -0.2) is 64.2 Å². The molecule has 1 aliphatic carbocycles. The lowest BCUT2D eigenvalue weighted by Crippen LogP contribution is -2.58. The third kappa shape index (κ3) is 10.3. The molecule has 2 atom stereocenters. The van der Waals surface area contributed by atoms with Crippen LogP contribution in [0.3, 0.4) is 0 Å². The van der Waals surface area contributed by atoms with Crippen LogP contribution in [0, 0.1) is 0 Å². The summed E-state index contributed by atoms with van der Waals surface area (Å²) < 4.78 is 22.5. The average Bonchev–Trinajstić information content (AvgIpc) is 3.79. The number of esters is 1. The Hall–Kier alpha value is -4.36. The highest BCUT2D eigenvalue weighted by Crippen LogP contribution is 2.43. The molecule has 0 bridgehead atoms. The molecular weight excluding hydrogens is 620 g/mol. The van der Waals surface area contributed by atoms with Gasteiger partial charge >= 0.3 is 18.2 Å². The van der Waals surface area contributed by atoms with Gasteiger partial charge in [-0.15, -0.1) is 0 Å². The fraction of sp³-hybridized carbons (Fsp3) is 0.543. The topological polar surface area (TPSA) is 166 Å². The van der Waals surface area contributed by atoms with Gasteiger partial charge < -0.3 is 24.3 Å². The van der Waals surface area contributed by atoms with Gasteiger partial charge in [-0.2, -0.15) is 5.48 Å². The van der Waals surface area contributed by atoms with Crippen molar-refractivity contribution in [1.82, 2.24) is 16.3 Å². The normalized spacial score (nSPS) is 18.2. The lowest BCUT2D eigenvalue weighted by molar-refractivity contribution is -0.205. The number of fused-ring (bicyclic) bond motifs is 1. The Morgan fingerprint density at radius 1 is 0.958 bits per heavy atom. The number of ether oxygens (including phenoxy) is 4. The first-order chi connectivity index (χ1) is 22.5. The molecule has 2 aromatic carbocycles. The first-order valence-electron chi connectivity index (χ1n) is 16.2. The molecule has 0 aromatic heterocycles. The molecule has 2 aliphatic rings. The zero-order valence-electron chi connectivity index (χ0n) is 28.8. The van der Waals surface area contributed by atoms with Crippen molar-refractivity contribution in [2.24, 2.45) is 4.99 Å². The molecule has 1 saturated carbocycles. The van der Waals surface area contributed by atoms with Crippen LogP contribution in [0.4, 0.5) is 9.59 Å². The van der Waals surface area contributed by atoms with E-state index in [4.69, 9.17) is 28.8 Å². The molecule has 1 aliphatic heterocycles. The highest BCUT2D eigenvalue weighted by Gasteiger charge is 2.50. The van der Waals surface area contributed by atoms with E-state index in [-0.39, 0.29) is 6.61 Å². The Kier molecular flexibility index (Phi) is 11.3. The Morgan fingerprint density at radius 3 is 2.27 bits per heavy atom. The number of carbonyl (C=O) groups excluding carboxylic acids is 3. The van der Waals surface area contributed by atoms with Gasteiger partial charge in [0.15, 0.2) is 5.84 Å². The molecule has 2 aromatic rings. The Labute approximate surface area is 281 Å². The van der Waals surface area contributed by atoms with Gasteiger partial charge in [0.1, 0.15) is 29.7 Å². The number of hydrogen-bond acceptors (Lipinski definition) is 10. The van der Waals surface area contributed by atoms with E-state index in [9.17, 15) is 19.6 Å². The SMILES string of the molecule is CC(C)(C)OC(=O)NO[C@](C)(C(=O)OC(C)(C)C)[C@H]1CCc2cc(C(=NC3(CCNC(=O)OCc4ccccc4)CC3)NO)ccc2O1. The van der Waals surface area contributed by atoms with E-state index in [0.29, 0.717) is 43.0 Å². The fourth-order valence-corrected chi connectivity index (χ4v) is 5.11. The number of hydroxylamine groups is 2. The number of rotatable bonds is 11. The minimum atomic E-state index is -1.71. The predicted molar refractivity (Wildman–Crippen MR) is 177 cm³/mol. The van der Waals surface area contributed by atoms with E-state index in [1.165, 1.54) is 6.92 Å². The fourth-order valence-electron chi connectivity index (χ4n) is 5.11. The second kappa shape index (κ2) is 14.8. The van der Waals surface area contributed by atoms with Crippen molar-refractivity contribution in [2.75, 3.05) is 6.54 Å². The minimum absolute atomic E-state index is 0.188. The number of alkyl carbamates (subject to hydrolysis) is 1. The number of aryl methyl sites for hydroxylation is 1. The molecule has 0 radical (unpaired) electrons. The zero-order valence-corrected chi connectivity index (χ0v) is 28.8. The number of hydrogen-bond donors (Lipinski definition) is 4. The van der Waals surface area contributed by atoms with Crippen LogP contribution < -0.4 is 21.0 Å². The first-order valence-corrected chi connectivity index (χ1v) is 16.2. The summed E-state index contributed by atoms with van der Waals surface area (Å²) in [6.07, 6.45) is 0.901. The molecule has 0 spiro atoms. The number of nitrogens with one attached hydrogen (secondary N) is 3. The monoisotopic (exact) mass is 668 g/mol. The van der Waals surface area contributed by atoms with Gasteiger partial charge in [-0.25, -0.2) is 19.2 Å². The van der Waals surface area contributed by atoms with Crippen molar-refractivity contribution in [1.29, 1.82) is 0 Å². The lowest BCUT2D eigenvalue weighted by atomic mass is 9.90. The van der Waals surface area contributed by atoms with Crippen LogP contribution in [-0.2, 0) is 36.9 Å². The van der Waals surface area contributed by atoms with Gasteiger partial charge in [0.25, 0.3) is 0 Å². The number of aliphatic imine (C=N–C) groups is 1. The maximum atomic E-state index is 13.4. The summed E-state index contributed by atoms with van der Waals surface area (Å²) in [7, 11) is 0. The van der Waals surface area contributed by atoms with Crippen LogP contribution in [0.2, 0.25) is 0 Å². The number of amidine groups is 1. The van der Waals surface area contributed by atoms with Gasteiger partial charge in [0.05, 0.1) is 5.54 Å². The maximum Gasteiger partial charge on any atom is 0.431 e. The van der Waals surface area contributed by atoms with Crippen LogP contribution in [0.15, 0.2) is 53.5 Å². The molecule has 13 nitrogen and oxygen atoms in total. The van der Waals surface area contributed by atoms with E-state index >= 15 is 0 Å². The van der Waals surface area contributed by atoms with Crippen LogP contribution >= 0.6 is 0 Å². The Balaban J connectivity index is 1.41. The summed E-state index contributed by atoms with van der Waals surface area (Å²) in [6.45, 7) is 12.4. The van der Waals surface area contributed by atoms with Gasteiger partial charge in [-0.3, -0.25) is 15.7 Å². The Morgan fingerprint density at radius 2 is 1.65 bits per heavy atom. The quantitative estimate of drug-likeness (QED) is 0.0788. The van der Waals surface area contributed by atoms with Crippen molar-refractivity contribution in [3.05, 3.63) is 65.2 Å². The summed E-state index contributed by atoms with van der Waals surface area (Å²) in [5, 5.41) is 12.8. The smallest absolute Gasteiger partial charge is 0.431 e. The zero-order chi connectivity index (χ0) is 35.2. The van der Waals surface area contributed by atoms with Gasteiger partial charge in [-0.05, 0) is 110 Å². The van der Waals surface area contributed by atoms with E-state index < -0.39 is 46.6 Å². The highest BCUT2D eigenvalue weighted by molar-refractivity contribution is 5.98. The average molecular weight is 669 g/mol. The third-order valence-electron chi connectivity index (χ3n) is 7.80. The molecule has 2 amide bonds. The summed E-state index contributed by atoms with van der Waals surface area (Å²) >= 11 is 0. The Bertz CT molecular complexity index is 1480. The summed E-state index contributed by atoms with van der Waals surface area (Å²) in [6, 6.07) is 14.8. The molecule has 13 heteroatoms. The van der Waals surface area contributed by atoms with Crippen molar-refractivity contribution in [2.45, 2.75) is 116 Å². The molecule has 262 valence electrons. The molecule has 0 saturated heterocycles. The molecule has 1 fully saturated rings. The van der Waals surface area contributed by atoms with Crippen LogP contribution in [0.25, 0.3) is 0 Å². The molecule has 4 rings (SSSR count). The molecule has 1 heterocycles. The van der Waals surface area contributed by atoms with E-state index in [2.05, 4.69) is 16.3 Å². The predicted octanol–water partition coefficient (Wildman–Crippen LogP) is 5.51. The number of benzene rings is 2. The van der Waals surface area contributed by atoms with E-state index in [1.807, 2.05) is 36.4 Å². The van der Waals surface area contributed by atoms with Gasteiger partial charge in [0.2, 0.25) is 5.60 Å². The second-order valence-corrected chi connectivity index (χ2v) is 14.3. The molecule has 48 heavy (non-hydrogen) atoms. The van der Waals surface area contributed by atoms with Crippen molar-refractivity contribution >= 4 is 24.0 Å². The maximum absolute atomic E-state index is 13.4. The van der Waals surface area contributed by atoms with E-state index in [0.717, 1.165) is 24.0 Å². The summed E-state index contributed by atoms with van der Waals surface area (Å²) in [5.41, 5.74) is 3.16. The minimum Gasteiger partial charge on any atom is -0.486 e. The van der Waals surface area contributed by atoms with Crippen LogP contribution in [0.1, 0.15) is 90.8 Å². The molecule has 0 unspecified atom stereocenters. The second-order valence-electron chi connectivity index (χ2n) is 14.3. The van der Waals surface area contributed by atoms with Crippen molar-refractivity contribution in [3.8, 4) is 5.75 Å². The summed E-state index contributed by atoms with van der Waals surface area (Å²) in [5.74, 6) is 0.110. The largest absolute Gasteiger partial charge is 0.486 e. The van der Waals surface area contributed by atoms with Crippen LogP contribution in [0.5, 0.6) is 5.75 Å². The number of nitrogens with zero attached hydrogens (tertiary/aromatic N) is 1. The highest BCUT2D eigenvalue weighted by atomic mass is 16.7.